The third kappa shape index (κ3) is 2.92. The van der Waals surface area contributed by atoms with Gasteiger partial charge in [-0.15, -0.1) is 11.3 Å². The number of thiazole rings is 1. The SMILES string of the molecule is Cc1csc(CNc2nc(C)nc(Cl)c2C)n1. The fourth-order valence-corrected chi connectivity index (χ4v) is 2.33. The quantitative estimate of drug-likeness (QED) is 0.869. The second-order valence-corrected chi connectivity index (χ2v) is 5.07. The third-order valence-corrected chi connectivity index (χ3v) is 3.61. The predicted octanol–water partition coefficient (Wildman–Crippen LogP) is 3.12. The molecule has 0 saturated heterocycles. The molecule has 0 saturated carbocycles. The number of hydrogen-bond acceptors (Lipinski definition) is 5. The first-order valence-electron chi connectivity index (χ1n) is 5.22. The lowest BCUT2D eigenvalue weighted by Gasteiger charge is -2.08. The van der Waals surface area contributed by atoms with E-state index in [2.05, 4.69) is 20.3 Å². The standard InChI is InChI=1S/C11H13ClN4S/c1-6-5-17-9(14-6)4-13-11-7(2)10(12)15-8(3)16-11/h5H,4H2,1-3H3,(H,13,15,16). The highest BCUT2D eigenvalue weighted by Crippen LogP contribution is 2.20. The minimum atomic E-state index is 0.496. The van der Waals surface area contributed by atoms with Crippen molar-refractivity contribution in [3.63, 3.8) is 0 Å². The van der Waals surface area contributed by atoms with E-state index in [0.717, 1.165) is 22.1 Å². The molecule has 1 N–H and O–H groups in total. The molecule has 0 aliphatic heterocycles. The molecule has 0 amide bonds. The highest BCUT2D eigenvalue weighted by Gasteiger charge is 2.07. The third-order valence-electron chi connectivity index (χ3n) is 2.27. The first-order valence-corrected chi connectivity index (χ1v) is 6.47. The Morgan fingerprint density at radius 2 is 2.00 bits per heavy atom. The Morgan fingerprint density at radius 1 is 1.24 bits per heavy atom. The topological polar surface area (TPSA) is 50.7 Å². The van der Waals surface area contributed by atoms with Crippen LogP contribution in [0.2, 0.25) is 5.15 Å². The maximum Gasteiger partial charge on any atom is 0.137 e. The van der Waals surface area contributed by atoms with Crippen molar-refractivity contribution >= 4 is 28.8 Å². The van der Waals surface area contributed by atoms with E-state index in [-0.39, 0.29) is 0 Å². The Bertz CT molecular complexity index is 538. The largest absolute Gasteiger partial charge is 0.363 e. The Morgan fingerprint density at radius 3 is 2.65 bits per heavy atom. The number of halogens is 1. The number of aryl methyl sites for hydroxylation is 2. The molecule has 0 aromatic carbocycles. The van der Waals surface area contributed by atoms with Gasteiger partial charge >= 0.3 is 0 Å². The van der Waals surface area contributed by atoms with Gasteiger partial charge in [0.15, 0.2) is 0 Å². The van der Waals surface area contributed by atoms with Gasteiger partial charge in [0.25, 0.3) is 0 Å². The summed E-state index contributed by atoms with van der Waals surface area (Å²) < 4.78 is 0. The summed E-state index contributed by atoms with van der Waals surface area (Å²) in [4.78, 5) is 12.8. The lowest BCUT2D eigenvalue weighted by atomic mass is 10.3. The molecule has 17 heavy (non-hydrogen) atoms. The zero-order valence-corrected chi connectivity index (χ0v) is 11.5. The van der Waals surface area contributed by atoms with Gasteiger partial charge in [0.2, 0.25) is 0 Å². The van der Waals surface area contributed by atoms with Crippen molar-refractivity contribution in [2.45, 2.75) is 27.3 Å². The van der Waals surface area contributed by atoms with Crippen LogP contribution < -0.4 is 5.32 Å². The van der Waals surface area contributed by atoms with Gasteiger partial charge in [-0.25, -0.2) is 15.0 Å². The van der Waals surface area contributed by atoms with Gasteiger partial charge in [0.05, 0.1) is 6.54 Å². The Hall–Kier alpha value is -1.20. The van der Waals surface area contributed by atoms with Gasteiger partial charge in [0, 0.05) is 16.6 Å². The fourth-order valence-electron chi connectivity index (χ4n) is 1.41. The number of nitrogens with one attached hydrogen (secondary N) is 1. The van der Waals surface area contributed by atoms with Crippen molar-refractivity contribution < 1.29 is 0 Å². The predicted molar refractivity (Wildman–Crippen MR) is 70.7 cm³/mol. The molecular formula is C11H13ClN4S. The van der Waals surface area contributed by atoms with Gasteiger partial charge in [-0.1, -0.05) is 11.6 Å². The molecule has 0 aliphatic carbocycles. The summed E-state index contributed by atoms with van der Waals surface area (Å²) in [6.07, 6.45) is 0. The summed E-state index contributed by atoms with van der Waals surface area (Å²) in [6.45, 7) is 6.37. The molecule has 2 rings (SSSR count). The lowest BCUT2D eigenvalue weighted by molar-refractivity contribution is 0.993. The molecule has 0 aliphatic rings. The van der Waals surface area contributed by atoms with E-state index in [0.29, 0.717) is 17.5 Å². The van der Waals surface area contributed by atoms with Gasteiger partial charge < -0.3 is 5.32 Å². The average molecular weight is 269 g/mol. The van der Waals surface area contributed by atoms with E-state index < -0.39 is 0 Å². The van der Waals surface area contributed by atoms with Gasteiger partial charge in [0.1, 0.15) is 21.8 Å². The van der Waals surface area contributed by atoms with Crippen molar-refractivity contribution in [1.29, 1.82) is 0 Å². The smallest absolute Gasteiger partial charge is 0.137 e. The molecule has 0 bridgehead atoms. The molecule has 90 valence electrons. The summed E-state index contributed by atoms with van der Waals surface area (Å²) in [7, 11) is 0. The number of anilines is 1. The molecule has 6 heteroatoms. The van der Waals surface area contributed by atoms with Crippen molar-refractivity contribution in [3.8, 4) is 0 Å². The van der Waals surface area contributed by atoms with E-state index >= 15 is 0 Å². The summed E-state index contributed by atoms with van der Waals surface area (Å²) in [5, 5.41) is 6.80. The molecule has 0 unspecified atom stereocenters. The molecule has 0 spiro atoms. The summed E-state index contributed by atoms with van der Waals surface area (Å²) in [6, 6.07) is 0. The summed E-state index contributed by atoms with van der Waals surface area (Å²) in [5.41, 5.74) is 1.91. The van der Waals surface area contributed by atoms with E-state index in [4.69, 9.17) is 11.6 Å². The zero-order chi connectivity index (χ0) is 12.4. The van der Waals surface area contributed by atoms with Crippen molar-refractivity contribution in [2.24, 2.45) is 0 Å². The normalized spacial score (nSPS) is 10.6. The molecule has 0 radical (unpaired) electrons. The molecule has 2 aromatic heterocycles. The Balaban J connectivity index is 2.14. The van der Waals surface area contributed by atoms with Crippen LogP contribution in [0.15, 0.2) is 5.38 Å². The monoisotopic (exact) mass is 268 g/mol. The van der Waals surface area contributed by atoms with E-state index in [1.165, 1.54) is 0 Å². The summed E-state index contributed by atoms with van der Waals surface area (Å²) in [5.74, 6) is 1.44. The first-order chi connectivity index (χ1) is 8.06. The molecule has 2 heterocycles. The number of hydrogen-bond donors (Lipinski definition) is 1. The van der Waals surface area contributed by atoms with Crippen molar-refractivity contribution in [2.75, 3.05) is 5.32 Å². The molecule has 0 fully saturated rings. The molecular weight excluding hydrogens is 256 g/mol. The molecule has 2 aromatic rings. The maximum atomic E-state index is 6.00. The van der Waals surface area contributed by atoms with Gasteiger partial charge in [-0.3, -0.25) is 0 Å². The molecule has 0 atom stereocenters. The second kappa shape index (κ2) is 4.98. The van der Waals surface area contributed by atoms with Crippen LogP contribution in [-0.2, 0) is 6.54 Å². The van der Waals surface area contributed by atoms with Crippen LogP contribution >= 0.6 is 22.9 Å². The number of rotatable bonds is 3. The highest BCUT2D eigenvalue weighted by atomic mass is 35.5. The van der Waals surface area contributed by atoms with Gasteiger partial charge in [-0.05, 0) is 20.8 Å². The highest BCUT2D eigenvalue weighted by molar-refractivity contribution is 7.09. The van der Waals surface area contributed by atoms with Crippen LogP contribution in [0.3, 0.4) is 0 Å². The van der Waals surface area contributed by atoms with Crippen LogP contribution in [0.5, 0.6) is 0 Å². The van der Waals surface area contributed by atoms with Crippen LogP contribution in [0.4, 0.5) is 5.82 Å². The second-order valence-electron chi connectivity index (χ2n) is 3.77. The van der Waals surface area contributed by atoms with Crippen LogP contribution in [0.25, 0.3) is 0 Å². The number of nitrogens with zero attached hydrogens (tertiary/aromatic N) is 3. The average Bonchev–Trinajstić information content (AvgIpc) is 2.67. The van der Waals surface area contributed by atoms with Crippen molar-refractivity contribution in [3.05, 3.63) is 32.6 Å². The van der Waals surface area contributed by atoms with E-state index in [1.54, 1.807) is 11.3 Å². The van der Waals surface area contributed by atoms with E-state index in [1.807, 2.05) is 26.2 Å². The lowest BCUT2D eigenvalue weighted by Crippen LogP contribution is -2.05. The minimum absolute atomic E-state index is 0.496. The van der Waals surface area contributed by atoms with Gasteiger partial charge in [-0.2, -0.15) is 0 Å². The Kier molecular flexibility index (Phi) is 3.59. The Labute approximate surface area is 109 Å². The minimum Gasteiger partial charge on any atom is -0.363 e. The fraction of sp³-hybridized carbons (Fsp3) is 0.364. The van der Waals surface area contributed by atoms with Crippen LogP contribution in [-0.4, -0.2) is 15.0 Å². The zero-order valence-electron chi connectivity index (χ0n) is 9.91. The summed E-state index contributed by atoms with van der Waals surface area (Å²) >= 11 is 7.63. The van der Waals surface area contributed by atoms with Crippen LogP contribution in [0, 0.1) is 20.8 Å². The van der Waals surface area contributed by atoms with E-state index in [9.17, 15) is 0 Å². The van der Waals surface area contributed by atoms with Crippen LogP contribution in [0.1, 0.15) is 22.1 Å². The van der Waals surface area contributed by atoms with Crippen molar-refractivity contribution in [1.82, 2.24) is 15.0 Å². The molecule has 4 nitrogen and oxygen atoms in total. The number of aromatic nitrogens is 3. The maximum absolute atomic E-state index is 6.00. The first kappa shape index (κ1) is 12.3.